The van der Waals surface area contributed by atoms with Crippen LogP contribution in [0.3, 0.4) is 0 Å². The van der Waals surface area contributed by atoms with Crippen molar-refractivity contribution in [3.63, 3.8) is 0 Å². The van der Waals surface area contributed by atoms with Crippen molar-refractivity contribution in [3.8, 4) is 0 Å². The van der Waals surface area contributed by atoms with Gasteiger partial charge < -0.3 is 10.2 Å². The second-order valence-electron chi connectivity index (χ2n) is 3.61. The van der Waals surface area contributed by atoms with Crippen molar-refractivity contribution in [2.45, 2.75) is 46.6 Å². The first-order chi connectivity index (χ1) is 6.68. The van der Waals surface area contributed by atoms with Crippen LogP contribution in [0.2, 0.25) is 0 Å². The van der Waals surface area contributed by atoms with Gasteiger partial charge in [-0.25, -0.2) is 0 Å². The fourth-order valence-corrected chi connectivity index (χ4v) is 1.75. The molecule has 0 bridgehead atoms. The molecular formula is C11H24N2O. The lowest BCUT2D eigenvalue weighted by atomic mass is 10.3. The maximum atomic E-state index is 10.7. The molecule has 14 heavy (non-hydrogen) atoms. The Balaban J connectivity index is 0.000000791. The van der Waals surface area contributed by atoms with E-state index in [1.807, 2.05) is 13.8 Å². The number of carbonyl (C=O) groups excluding carboxylic acids is 1. The highest BCUT2D eigenvalue weighted by Gasteiger charge is 2.14. The van der Waals surface area contributed by atoms with Crippen LogP contribution in [0.25, 0.3) is 0 Å². The summed E-state index contributed by atoms with van der Waals surface area (Å²) in [6.45, 7) is 11.0. The molecular weight excluding hydrogens is 176 g/mol. The Morgan fingerprint density at radius 2 is 1.86 bits per heavy atom. The van der Waals surface area contributed by atoms with Gasteiger partial charge in [-0.15, -0.1) is 0 Å². The summed E-state index contributed by atoms with van der Waals surface area (Å²) < 4.78 is 0. The van der Waals surface area contributed by atoms with Crippen LogP contribution in [0.15, 0.2) is 0 Å². The molecule has 1 saturated heterocycles. The highest BCUT2D eigenvalue weighted by molar-refractivity contribution is 5.73. The van der Waals surface area contributed by atoms with Crippen LogP contribution < -0.4 is 5.32 Å². The SMILES string of the molecule is CC.CC(=O)NC(C)CN1CCCC1. The summed E-state index contributed by atoms with van der Waals surface area (Å²) in [6.07, 6.45) is 2.62. The van der Waals surface area contributed by atoms with Gasteiger partial charge in [0, 0.05) is 19.5 Å². The summed E-state index contributed by atoms with van der Waals surface area (Å²) in [5, 5.41) is 2.89. The summed E-state index contributed by atoms with van der Waals surface area (Å²) in [7, 11) is 0. The molecule has 1 N–H and O–H groups in total. The van der Waals surface area contributed by atoms with Gasteiger partial charge in [0.1, 0.15) is 0 Å². The molecule has 0 aliphatic carbocycles. The monoisotopic (exact) mass is 200 g/mol. The van der Waals surface area contributed by atoms with Crippen LogP contribution in [0.1, 0.15) is 40.5 Å². The first kappa shape index (κ1) is 13.4. The second kappa shape index (κ2) is 7.80. The van der Waals surface area contributed by atoms with Crippen LogP contribution >= 0.6 is 0 Å². The lowest BCUT2D eigenvalue weighted by Gasteiger charge is -2.20. The van der Waals surface area contributed by atoms with Gasteiger partial charge in [-0.2, -0.15) is 0 Å². The van der Waals surface area contributed by atoms with Gasteiger partial charge in [0.05, 0.1) is 0 Å². The minimum atomic E-state index is 0.0710. The van der Waals surface area contributed by atoms with Gasteiger partial charge in [-0.1, -0.05) is 13.8 Å². The third kappa shape index (κ3) is 5.97. The van der Waals surface area contributed by atoms with Crippen LogP contribution in [-0.2, 0) is 4.79 Å². The van der Waals surface area contributed by atoms with Crippen molar-refractivity contribution >= 4 is 5.91 Å². The molecule has 0 radical (unpaired) electrons. The number of nitrogens with zero attached hydrogens (tertiary/aromatic N) is 1. The molecule has 1 heterocycles. The van der Waals surface area contributed by atoms with Gasteiger partial charge in [0.15, 0.2) is 0 Å². The molecule has 0 aromatic rings. The molecule has 1 amide bonds. The Morgan fingerprint density at radius 3 is 2.29 bits per heavy atom. The Kier molecular flexibility index (Phi) is 7.48. The standard InChI is InChI=1S/C9H18N2O.C2H6/c1-8(10-9(2)12)7-11-5-3-4-6-11;1-2/h8H,3-7H2,1-2H3,(H,10,12);1-2H3. The van der Waals surface area contributed by atoms with Crippen LogP contribution in [0.5, 0.6) is 0 Å². The third-order valence-electron chi connectivity index (χ3n) is 2.18. The molecule has 3 heteroatoms. The van der Waals surface area contributed by atoms with Gasteiger partial charge in [0.2, 0.25) is 5.91 Å². The summed E-state index contributed by atoms with van der Waals surface area (Å²) in [5.41, 5.74) is 0. The number of nitrogens with one attached hydrogen (secondary N) is 1. The zero-order valence-corrected chi connectivity index (χ0v) is 9.97. The minimum Gasteiger partial charge on any atom is -0.353 e. The first-order valence-corrected chi connectivity index (χ1v) is 5.68. The van der Waals surface area contributed by atoms with Crippen molar-refractivity contribution < 1.29 is 4.79 Å². The minimum absolute atomic E-state index is 0.0710. The Morgan fingerprint density at radius 1 is 1.36 bits per heavy atom. The van der Waals surface area contributed by atoms with E-state index in [4.69, 9.17) is 0 Å². The molecule has 1 fully saturated rings. The van der Waals surface area contributed by atoms with E-state index in [-0.39, 0.29) is 5.91 Å². The normalized spacial score (nSPS) is 18.3. The molecule has 84 valence electrons. The smallest absolute Gasteiger partial charge is 0.217 e. The van der Waals surface area contributed by atoms with Crippen molar-refractivity contribution in [1.29, 1.82) is 0 Å². The number of hydrogen-bond donors (Lipinski definition) is 1. The average molecular weight is 200 g/mol. The molecule has 1 aliphatic heterocycles. The van der Waals surface area contributed by atoms with Gasteiger partial charge in [-0.05, 0) is 32.9 Å². The Labute approximate surface area is 87.9 Å². The topological polar surface area (TPSA) is 32.3 Å². The number of rotatable bonds is 3. The van der Waals surface area contributed by atoms with Crippen molar-refractivity contribution in [2.75, 3.05) is 19.6 Å². The Hall–Kier alpha value is -0.570. The van der Waals surface area contributed by atoms with E-state index in [1.54, 1.807) is 6.92 Å². The van der Waals surface area contributed by atoms with E-state index in [0.717, 1.165) is 6.54 Å². The van der Waals surface area contributed by atoms with E-state index in [9.17, 15) is 4.79 Å². The first-order valence-electron chi connectivity index (χ1n) is 5.68. The van der Waals surface area contributed by atoms with E-state index in [1.165, 1.54) is 25.9 Å². The zero-order chi connectivity index (χ0) is 11.0. The molecule has 1 unspecified atom stereocenters. The molecule has 0 aromatic heterocycles. The third-order valence-corrected chi connectivity index (χ3v) is 2.18. The van der Waals surface area contributed by atoms with Crippen molar-refractivity contribution in [2.24, 2.45) is 0 Å². The number of hydrogen-bond acceptors (Lipinski definition) is 2. The zero-order valence-electron chi connectivity index (χ0n) is 9.97. The average Bonchev–Trinajstić information content (AvgIpc) is 2.59. The lowest BCUT2D eigenvalue weighted by molar-refractivity contribution is -0.119. The summed E-state index contributed by atoms with van der Waals surface area (Å²) in [5.74, 6) is 0.0710. The fraction of sp³-hybridized carbons (Fsp3) is 0.909. The highest BCUT2D eigenvalue weighted by Crippen LogP contribution is 2.07. The lowest BCUT2D eigenvalue weighted by Crippen LogP contribution is -2.40. The van der Waals surface area contributed by atoms with E-state index in [2.05, 4.69) is 17.1 Å². The largest absolute Gasteiger partial charge is 0.353 e. The summed E-state index contributed by atoms with van der Waals surface area (Å²) >= 11 is 0. The van der Waals surface area contributed by atoms with Gasteiger partial charge in [0.25, 0.3) is 0 Å². The van der Waals surface area contributed by atoms with Crippen LogP contribution in [0, 0.1) is 0 Å². The molecule has 1 aliphatic rings. The second-order valence-corrected chi connectivity index (χ2v) is 3.61. The molecule has 0 spiro atoms. The van der Waals surface area contributed by atoms with Gasteiger partial charge >= 0.3 is 0 Å². The van der Waals surface area contributed by atoms with Crippen molar-refractivity contribution in [3.05, 3.63) is 0 Å². The fourth-order valence-electron chi connectivity index (χ4n) is 1.75. The van der Waals surface area contributed by atoms with Crippen LogP contribution in [-0.4, -0.2) is 36.5 Å². The van der Waals surface area contributed by atoms with E-state index < -0.39 is 0 Å². The molecule has 0 saturated carbocycles. The molecule has 1 atom stereocenters. The predicted molar refractivity (Wildman–Crippen MR) is 60.3 cm³/mol. The van der Waals surface area contributed by atoms with Crippen LogP contribution in [0.4, 0.5) is 0 Å². The number of amides is 1. The summed E-state index contributed by atoms with van der Waals surface area (Å²) in [4.78, 5) is 13.1. The van der Waals surface area contributed by atoms with Crippen molar-refractivity contribution in [1.82, 2.24) is 10.2 Å². The number of likely N-dealkylation sites (tertiary alicyclic amines) is 1. The van der Waals surface area contributed by atoms with E-state index >= 15 is 0 Å². The van der Waals surface area contributed by atoms with Gasteiger partial charge in [-0.3, -0.25) is 4.79 Å². The summed E-state index contributed by atoms with van der Waals surface area (Å²) in [6, 6.07) is 0.292. The molecule has 0 aromatic carbocycles. The Bertz CT molecular complexity index is 153. The maximum Gasteiger partial charge on any atom is 0.217 e. The predicted octanol–water partition coefficient (Wildman–Crippen LogP) is 1.63. The van der Waals surface area contributed by atoms with E-state index in [0.29, 0.717) is 6.04 Å². The number of carbonyl (C=O) groups is 1. The molecule has 1 rings (SSSR count). The maximum absolute atomic E-state index is 10.7. The highest BCUT2D eigenvalue weighted by atomic mass is 16.1. The molecule has 3 nitrogen and oxygen atoms in total. The quantitative estimate of drug-likeness (QED) is 0.751.